The molecule has 0 aromatic heterocycles. The Morgan fingerprint density at radius 2 is 2.06 bits per heavy atom. The van der Waals surface area contributed by atoms with E-state index in [1.54, 1.807) is 13.1 Å². The van der Waals surface area contributed by atoms with Crippen molar-refractivity contribution in [3.8, 4) is 0 Å². The van der Waals surface area contributed by atoms with E-state index in [4.69, 9.17) is 5.41 Å². The Kier molecular flexibility index (Phi) is 9.38. The molecular weight excluding hydrogens is 244 g/mol. The van der Waals surface area contributed by atoms with Crippen molar-refractivity contribution >= 4 is 23.9 Å². The van der Waals surface area contributed by atoms with Crippen LogP contribution in [0.2, 0.25) is 0 Å². The van der Waals surface area contributed by atoms with Gasteiger partial charge in [-0.25, -0.2) is 0 Å². The Morgan fingerprint density at radius 3 is 2.56 bits per heavy atom. The average molecular weight is 268 g/mol. The van der Waals surface area contributed by atoms with E-state index in [0.717, 1.165) is 18.4 Å². The van der Waals surface area contributed by atoms with Crippen LogP contribution in [0.4, 0.5) is 0 Å². The van der Waals surface area contributed by atoms with Crippen LogP contribution in [0.15, 0.2) is 23.8 Å². The summed E-state index contributed by atoms with van der Waals surface area (Å²) in [7, 11) is 1.59. The summed E-state index contributed by atoms with van der Waals surface area (Å²) in [6.45, 7) is 6.53. The molecule has 0 fully saturated rings. The SMILES string of the molecule is CNC(=O)/C(C=CC(C)CCSC(C)C)=C/C=N. The van der Waals surface area contributed by atoms with Gasteiger partial charge in [-0.1, -0.05) is 32.9 Å². The molecule has 18 heavy (non-hydrogen) atoms. The molecule has 0 saturated heterocycles. The Balaban J connectivity index is 4.28. The largest absolute Gasteiger partial charge is 0.355 e. The number of hydrogen-bond donors (Lipinski definition) is 2. The highest BCUT2D eigenvalue weighted by atomic mass is 32.2. The molecule has 1 unspecified atom stereocenters. The summed E-state index contributed by atoms with van der Waals surface area (Å²) in [5.74, 6) is 1.42. The van der Waals surface area contributed by atoms with E-state index in [1.807, 2.05) is 17.8 Å². The molecule has 0 rings (SSSR count). The summed E-state index contributed by atoms with van der Waals surface area (Å²) in [5.41, 5.74) is 0.524. The normalized spacial score (nSPS) is 13.9. The Hall–Kier alpha value is -1.03. The van der Waals surface area contributed by atoms with Gasteiger partial charge in [0.1, 0.15) is 0 Å². The lowest BCUT2D eigenvalue weighted by Gasteiger charge is -2.08. The molecule has 0 aromatic carbocycles. The zero-order valence-electron chi connectivity index (χ0n) is 11.7. The first-order valence-corrected chi connectivity index (χ1v) is 7.28. The highest BCUT2D eigenvalue weighted by Crippen LogP contribution is 2.15. The van der Waals surface area contributed by atoms with E-state index < -0.39 is 0 Å². The first-order chi connectivity index (χ1) is 8.51. The van der Waals surface area contributed by atoms with Gasteiger partial charge in [0, 0.05) is 18.8 Å². The Labute approximate surface area is 115 Å². The molecule has 0 aliphatic carbocycles. The molecule has 0 radical (unpaired) electrons. The average Bonchev–Trinajstić information content (AvgIpc) is 2.33. The third kappa shape index (κ3) is 8.12. The first-order valence-electron chi connectivity index (χ1n) is 6.23. The van der Waals surface area contributed by atoms with Crippen molar-refractivity contribution in [3.05, 3.63) is 23.8 Å². The van der Waals surface area contributed by atoms with Crippen LogP contribution in [0, 0.1) is 11.3 Å². The number of carbonyl (C=O) groups is 1. The van der Waals surface area contributed by atoms with Crippen LogP contribution >= 0.6 is 11.8 Å². The van der Waals surface area contributed by atoms with Crippen LogP contribution in [0.3, 0.4) is 0 Å². The van der Waals surface area contributed by atoms with Crippen LogP contribution < -0.4 is 5.32 Å². The first kappa shape index (κ1) is 17.0. The second kappa shape index (κ2) is 9.95. The molecule has 3 nitrogen and oxygen atoms in total. The fraction of sp³-hybridized carbons (Fsp3) is 0.571. The second-order valence-corrected chi connectivity index (χ2v) is 6.10. The molecule has 102 valence electrons. The molecule has 0 saturated carbocycles. The standard InChI is InChI=1S/C14H24N2OS/c1-11(2)18-10-8-12(3)5-6-13(7-9-15)14(17)16-4/h5-7,9,11-12,15H,8,10H2,1-4H3,(H,16,17)/b6-5?,13-7+,15-9?. The highest BCUT2D eigenvalue weighted by molar-refractivity contribution is 7.99. The van der Waals surface area contributed by atoms with Crippen molar-refractivity contribution in [3.63, 3.8) is 0 Å². The molecule has 0 heterocycles. The van der Waals surface area contributed by atoms with Gasteiger partial charge in [-0.15, -0.1) is 0 Å². The minimum atomic E-state index is -0.154. The number of hydrogen-bond acceptors (Lipinski definition) is 3. The van der Waals surface area contributed by atoms with E-state index in [0.29, 0.717) is 16.7 Å². The number of likely N-dealkylation sites (N-methyl/N-ethyl adjacent to an activating group) is 1. The summed E-state index contributed by atoms with van der Waals surface area (Å²) >= 11 is 1.95. The maximum atomic E-state index is 11.5. The minimum absolute atomic E-state index is 0.154. The van der Waals surface area contributed by atoms with Crippen molar-refractivity contribution in [2.24, 2.45) is 5.92 Å². The lowest BCUT2D eigenvalue weighted by Crippen LogP contribution is -2.19. The summed E-state index contributed by atoms with van der Waals surface area (Å²) in [6, 6.07) is 0. The number of carbonyl (C=O) groups excluding carboxylic acids is 1. The lowest BCUT2D eigenvalue weighted by atomic mass is 10.1. The monoisotopic (exact) mass is 268 g/mol. The summed E-state index contributed by atoms with van der Waals surface area (Å²) in [5, 5.41) is 10.3. The van der Waals surface area contributed by atoms with Gasteiger partial charge in [-0.3, -0.25) is 4.79 Å². The van der Waals surface area contributed by atoms with Crippen LogP contribution in [0.25, 0.3) is 0 Å². The van der Waals surface area contributed by atoms with Crippen molar-refractivity contribution in [2.75, 3.05) is 12.8 Å². The molecule has 1 amide bonds. The smallest absolute Gasteiger partial charge is 0.251 e. The van der Waals surface area contributed by atoms with E-state index >= 15 is 0 Å². The molecule has 0 aromatic rings. The topological polar surface area (TPSA) is 53.0 Å². The Morgan fingerprint density at radius 1 is 1.39 bits per heavy atom. The molecule has 2 N–H and O–H groups in total. The molecule has 0 spiro atoms. The summed E-state index contributed by atoms with van der Waals surface area (Å²) < 4.78 is 0. The maximum absolute atomic E-state index is 11.5. The van der Waals surface area contributed by atoms with Gasteiger partial charge in [0.2, 0.25) is 0 Å². The van der Waals surface area contributed by atoms with Gasteiger partial charge in [-0.2, -0.15) is 11.8 Å². The van der Waals surface area contributed by atoms with Gasteiger partial charge < -0.3 is 10.7 Å². The van der Waals surface area contributed by atoms with Gasteiger partial charge in [0.05, 0.1) is 0 Å². The van der Waals surface area contributed by atoms with Crippen LogP contribution in [-0.2, 0) is 4.79 Å². The zero-order chi connectivity index (χ0) is 14.0. The van der Waals surface area contributed by atoms with E-state index in [9.17, 15) is 4.79 Å². The van der Waals surface area contributed by atoms with Gasteiger partial charge in [0.25, 0.3) is 5.91 Å². The molecule has 0 bridgehead atoms. The fourth-order valence-corrected chi connectivity index (χ4v) is 2.27. The van der Waals surface area contributed by atoms with Gasteiger partial charge >= 0.3 is 0 Å². The Bertz CT molecular complexity index is 322. The molecular formula is C14H24N2OS. The summed E-state index contributed by atoms with van der Waals surface area (Å²) in [4.78, 5) is 11.5. The highest BCUT2D eigenvalue weighted by Gasteiger charge is 2.04. The molecule has 4 heteroatoms. The predicted molar refractivity (Wildman–Crippen MR) is 81.4 cm³/mol. The van der Waals surface area contributed by atoms with Crippen molar-refractivity contribution in [1.82, 2.24) is 5.32 Å². The van der Waals surface area contributed by atoms with Gasteiger partial charge in [-0.05, 0) is 29.4 Å². The number of nitrogens with one attached hydrogen (secondary N) is 2. The van der Waals surface area contributed by atoms with E-state index in [2.05, 4.69) is 26.1 Å². The van der Waals surface area contributed by atoms with E-state index in [-0.39, 0.29) is 5.91 Å². The quantitative estimate of drug-likeness (QED) is 0.404. The molecule has 0 aliphatic rings. The number of amides is 1. The van der Waals surface area contributed by atoms with Crippen LogP contribution in [0.1, 0.15) is 27.2 Å². The molecule has 0 aliphatic heterocycles. The zero-order valence-corrected chi connectivity index (χ0v) is 12.5. The second-order valence-electron chi connectivity index (χ2n) is 4.41. The van der Waals surface area contributed by atoms with Crippen molar-refractivity contribution in [2.45, 2.75) is 32.4 Å². The maximum Gasteiger partial charge on any atom is 0.251 e. The number of thioether (sulfide) groups is 1. The van der Waals surface area contributed by atoms with Gasteiger partial charge in [0.15, 0.2) is 0 Å². The predicted octanol–water partition coefficient (Wildman–Crippen LogP) is 3.03. The lowest BCUT2D eigenvalue weighted by molar-refractivity contribution is -0.116. The third-order valence-electron chi connectivity index (χ3n) is 2.38. The van der Waals surface area contributed by atoms with Crippen molar-refractivity contribution < 1.29 is 4.79 Å². The fourth-order valence-electron chi connectivity index (χ4n) is 1.29. The summed E-state index contributed by atoms with van der Waals surface area (Å²) in [6.07, 6.45) is 7.57. The minimum Gasteiger partial charge on any atom is -0.355 e. The van der Waals surface area contributed by atoms with Crippen LogP contribution in [-0.4, -0.2) is 30.2 Å². The molecule has 1 atom stereocenters. The number of allylic oxidation sites excluding steroid dienone is 2. The number of rotatable bonds is 8. The third-order valence-corrected chi connectivity index (χ3v) is 3.52. The van der Waals surface area contributed by atoms with Crippen LogP contribution in [0.5, 0.6) is 0 Å². The van der Waals surface area contributed by atoms with Crippen molar-refractivity contribution in [1.29, 1.82) is 5.41 Å². The van der Waals surface area contributed by atoms with E-state index in [1.165, 1.54) is 6.08 Å².